The molecule has 32 heavy (non-hydrogen) atoms. The lowest BCUT2D eigenvalue weighted by Gasteiger charge is -2.08. The van der Waals surface area contributed by atoms with E-state index < -0.39 is 15.7 Å². The number of para-hydroxylation sites is 1. The summed E-state index contributed by atoms with van der Waals surface area (Å²) in [5.41, 5.74) is 2.42. The second-order valence-corrected chi connectivity index (χ2v) is 9.90. The van der Waals surface area contributed by atoms with Crippen molar-refractivity contribution < 1.29 is 17.6 Å². The molecule has 164 valence electrons. The molecule has 8 heteroatoms. The van der Waals surface area contributed by atoms with Gasteiger partial charge in [-0.15, -0.1) is 0 Å². The van der Waals surface area contributed by atoms with Crippen LogP contribution in [0.3, 0.4) is 0 Å². The Kier molecular flexibility index (Phi) is 6.04. The third-order valence-electron chi connectivity index (χ3n) is 5.10. The van der Waals surface area contributed by atoms with Gasteiger partial charge >= 0.3 is 0 Å². The molecule has 1 aromatic heterocycles. The molecule has 0 fully saturated rings. The van der Waals surface area contributed by atoms with Crippen LogP contribution in [0.4, 0.5) is 10.1 Å². The highest BCUT2D eigenvalue weighted by molar-refractivity contribution is 7.90. The van der Waals surface area contributed by atoms with Gasteiger partial charge in [0, 0.05) is 27.8 Å². The number of amides is 1. The Labute approximate surface area is 190 Å². The van der Waals surface area contributed by atoms with Crippen molar-refractivity contribution in [1.82, 2.24) is 4.57 Å². The Balaban J connectivity index is 1.63. The van der Waals surface area contributed by atoms with Crippen LogP contribution in [0.1, 0.15) is 11.1 Å². The molecule has 0 atom stereocenters. The average Bonchev–Trinajstić information content (AvgIpc) is 3.10. The minimum Gasteiger partial charge on any atom is -0.337 e. The van der Waals surface area contributed by atoms with Crippen LogP contribution in [0.2, 0.25) is 5.02 Å². The SMILES string of the molecule is Cc1ccc(NC(=O)Cn2cc(S(=O)(=O)Cc3cccc(F)c3)c3ccccc32)cc1Cl. The summed E-state index contributed by atoms with van der Waals surface area (Å²) in [5, 5.41) is 3.83. The number of rotatable bonds is 6. The van der Waals surface area contributed by atoms with Crippen molar-refractivity contribution in [3.05, 3.63) is 94.9 Å². The number of benzene rings is 3. The van der Waals surface area contributed by atoms with Gasteiger partial charge in [0.1, 0.15) is 12.4 Å². The Hall–Kier alpha value is -3.16. The number of carbonyl (C=O) groups excluding carboxylic acids is 1. The lowest BCUT2D eigenvalue weighted by Crippen LogP contribution is -2.18. The molecule has 0 saturated carbocycles. The third kappa shape index (κ3) is 4.69. The van der Waals surface area contributed by atoms with Crippen molar-refractivity contribution in [3.8, 4) is 0 Å². The standard InChI is InChI=1S/C24H20ClFN2O3S/c1-16-9-10-19(12-21(16)25)27-24(29)14-28-13-23(20-7-2-3-8-22(20)28)32(30,31)15-17-5-4-6-18(26)11-17/h2-13H,14-15H2,1H3,(H,27,29). The summed E-state index contributed by atoms with van der Waals surface area (Å²) in [6.07, 6.45) is 1.46. The number of nitrogens with zero attached hydrogens (tertiary/aromatic N) is 1. The molecule has 0 unspecified atom stereocenters. The molecule has 0 aliphatic carbocycles. The number of aromatic nitrogens is 1. The first-order valence-electron chi connectivity index (χ1n) is 9.84. The van der Waals surface area contributed by atoms with Gasteiger partial charge in [0.25, 0.3) is 0 Å². The van der Waals surface area contributed by atoms with E-state index in [9.17, 15) is 17.6 Å². The van der Waals surface area contributed by atoms with E-state index in [1.165, 1.54) is 24.4 Å². The van der Waals surface area contributed by atoms with Gasteiger partial charge in [0.15, 0.2) is 9.84 Å². The van der Waals surface area contributed by atoms with Crippen LogP contribution in [0.5, 0.6) is 0 Å². The lowest BCUT2D eigenvalue weighted by molar-refractivity contribution is -0.116. The smallest absolute Gasteiger partial charge is 0.244 e. The number of hydrogen-bond acceptors (Lipinski definition) is 3. The van der Waals surface area contributed by atoms with Crippen molar-refractivity contribution in [2.75, 3.05) is 5.32 Å². The second kappa shape index (κ2) is 8.76. The van der Waals surface area contributed by atoms with Crippen LogP contribution in [-0.2, 0) is 26.9 Å². The fourth-order valence-electron chi connectivity index (χ4n) is 3.54. The first kappa shape index (κ1) is 22.0. The van der Waals surface area contributed by atoms with E-state index in [0.29, 0.717) is 27.2 Å². The van der Waals surface area contributed by atoms with Gasteiger partial charge in [-0.2, -0.15) is 0 Å². The molecule has 1 amide bonds. The van der Waals surface area contributed by atoms with Crippen LogP contribution in [0.25, 0.3) is 10.9 Å². The maximum absolute atomic E-state index is 13.5. The van der Waals surface area contributed by atoms with Crippen molar-refractivity contribution in [2.45, 2.75) is 24.1 Å². The zero-order valence-electron chi connectivity index (χ0n) is 17.2. The van der Waals surface area contributed by atoms with E-state index in [2.05, 4.69) is 5.32 Å². The van der Waals surface area contributed by atoms with Crippen LogP contribution < -0.4 is 5.32 Å². The first-order chi connectivity index (χ1) is 15.2. The van der Waals surface area contributed by atoms with Crippen LogP contribution in [-0.4, -0.2) is 18.9 Å². The number of hydrogen-bond donors (Lipinski definition) is 1. The largest absolute Gasteiger partial charge is 0.337 e. The normalized spacial score (nSPS) is 11.6. The summed E-state index contributed by atoms with van der Waals surface area (Å²) < 4.78 is 41.4. The molecule has 4 aromatic rings. The molecule has 0 radical (unpaired) electrons. The van der Waals surface area contributed by atoms with Gasteiger partial charge in [-0.3, -0.25) is 4.79 Å². The van der Waals surface area contributed by atoms with Gasteiger partial charge in [-0.1, -0.05) is 48.0 Å². The number of aryl methyl sites for hydroxylation is 1. The molecule has 0 spiro atoms. The third-order valence-corrected chi connectivity index (χ3v) is 7.22. The molecule has 5 nitrogen and oxygen atoms in total. The van der Waals surface area contributed by atoms with E-state index in [4.69, 9.17) is 11.6 Å². The van der Waals surface area contributed by atoms with E-state index in [-0.39, 0.29) is 23.1 Å². The Bertz CT molecular complexity index is 1430. The molecule has 0 bridgehead atoms. The summed E-state index contributed by atoms with van der Waals surface area (Å²) in [6.45, 7) is 1.78. The minimum absolute atomic E-state index is 0.0819. The molecule has 1 heterocycles. The highest BCUT2D eigenvalue weighted by Crippen LogP contribution is 2.28. The van der Waals surface area contributed by atoms with Crippen LogP contribution in [0.15, 0.2) is 77.8 Å². The van der Waals surface area contributed by atoms with Gasteiger partial charge in [0.05, 0.1) is 10.6 Å². The molecule has 0 aliphatic heterocycles. The number of halogens is 2. The van der Waals surface area contributed by atoms with Crippen molar-refractivity contribution in [1.29, 1.82) is 0 Å². The van der Waals surface area contributed by atoms with E-state index in [0.717, 1.165) is 5.56 Å². The zero-order valence-corrected chi connectivity index (χ0v) is 18.8. The summed E-state index contributed by atoms with van der Waals surface area (Å²) in [6, 6.07) is 17.7. The van der Waals surface area contributed by atoms with Crippen molar-refractivity contribution >= 4 is 43.9 Å². The summed E-state index contributed by atoms with van der Waals surface area (Å²) in [7, 11) is -3.78. The molecule has 3 aromatic carbocycles. The van der Waals surface area contributed by atoms with Crippen molar-refractivity contribution in [3.63, 3.8) is 0 Å². The van der Waals surface area contributed by atoms with E-state index in [1.807, 2.05) is 6.92 Å². The number of anilines is 1. The Morgan fingerprint density at radius 1 is 1.06 bits per heavy atom. The average molecular weight is 471 g/mol. The number of carbonyl (C=O) groups is 1. The molecule has 4 rings (SSSR count). The lowest BCUT2D eigenvalue weighted by atomic mass is 10.2. The maximum atomic E-state index is 13.5. The van der Waals surface area contributed by atoms with E-state index >= 15 is 0 Å². The van der Waals surface area contributed by atoms with Crippen LogP contribution in [0, 0.1) is 12.7 Å². The number of sulfone groups is 1. The zero-order chi connectivity index (χ0) is 22.9. The van der Waals surface area contributed by atoms with Crippen molar-refractivity contribution in [2.24, 2.45) is 0 Å². The number of nitrogens with one attached hydrogen (secondary N) is 1. The summed E-state index contributed by atoms with van der Waals surface area (Å²) in [5.74, 6) is -1.15. The minimum atomic E-state index is -3.78. The van der Waals surface area contributed by atoms with Gasteiger partial charge < -0.3 is 9.88 Å². The highest BCUT2D eigenvalue weighted by atomic mass is 35.5. The molecular formula is C24H20ClFN2O3S. The maximum Gasteiger partial charge on any atom is 0.244 e. The topological polar surface area (TPSA) is 68.2 Å². The monoisotopic (exact) mass is 470 g/mol. The predicted octanol–water partition coefficient (Wildman–Crippen LogP) is 5.35. The second-order valence-electron chi connectivity index (χ2n) is 7.54. The highest BCUT2D eigenvalue weighted by Gasteiger charge is 2.22. The predicted molar refractivity (Wildman–Crippen MR) is 124 cm³/mol. The first-order valence-corrected chi connectivity index (χ1v) is 11.9. The molecule has 0 saturated heterocycles. The van der Waals surface area contributed by atoms with Gasteiger partial charge in [0.2, 0.25) is 5.91 Å². The summed E-state index contributed by atoms with van der Waals surface area (Å²) in [4.78, 5) is 12.7. The Morgan fingerprint density at radius 3 is 2.59 bits per heavy atom. The fraction of sp³-hybridized carbons (Fsp3) is 0.125. The van der Waals surface area contributed by atoms with Crippen LogP contribution >= 0.6 is 11.6 Å². The van der Waals surface area contributed by atoms with Gasteiger partial charge in [-0.25, -0.2) is 12.8 Å². The summed E-state index contributed by atoms with van der Waals surface area (Å²) >= 11 is 6.12. The van der Waals surface area contributed by atoms with E-state index in [1.54, 1.807) is 53.1 Å². The molecule has 1 N–H and O–H groups in total. The fourth-order valence-corrected chi connectivity index (χ4v) is 5.29. The number of fused-ring (bicyclic) bond motifs is 1. The Morgan fingerprint density at radius 2 is 1.84 bits per heavy atom. The quantitative estimate of drug-likeness (QED) is 0.412. The molecular weight excluding hydrogens is 451 g/mol. The van der Waals surface area contributed by atoms with Gasteiger partial charge in [-0.05, 0) is 48.4 Å². The molecule has 0 aliphatic rings.